The Labute approximate surface area is 288 Å². The molecule has 1 aliphatic carbocycles. The third-order valence-electron chi connectivity index (χ3n) is 6.97. The molecule has 0 spiro atoms. The van der Waals surface area contributed by atoms with Crippen LogP contribution in [0, 0.1) is 0 Å². The molecule has 1 aromatic heterocycles. The Hall–Kier alpha value is -3.60. The zero-order valence-electron chi connectivity index (χ0n) is 26.2. The number of halogens is 6. The number of hydrogen-bond acceptors (Lipinski definition) is 6. The first-order valence-electron chi connectivity index (χ1n) is 14.8. The molecule has 260 valence electrons. The van der Waals surface area contributed by atoms with Gasteiger partial charge in [0.1, 0.15) is 0 Å². The van der Waals surface area contributed by atoms with Gasteiger partial charge >= 0.3 is 52.5 Å². The summed E-state index contributed by atoms with van der Waals surface area (Å²) >= 11 is 0. The van der Waals surface area contributed by atoms with E-state index in [1.807, 2.05) is 29.9 Å². The topological polar surface area (TPSA) is 111 Å². The molecule has 6 rings (SSSR count). The van der Waals surface area contributed by atoms with Crippen LogP contribution in [0.5, 0.6) is 11.5 Å². The average molecular weight is 782 g/mol. The van der Waals surface area contributed by atoms with Gasteiger partial charge in [-0.3, -0.25) is 9.98 Å². The van der Waals surface area contributed by atoms with Gasteiger partial charge in [-0.25, -0.2) is 4.98 Å². The first-order valence-corrected chi connectivity index (χ1v) is 16.9. The van der Waals surface area contributed by atoms with Gasteiger partial charge in [-0.15, -0.1) is 11.5 Å². The molecule has 0 bridgehead atoms. The number of hydrogen-bond donors (Lipinski definition) is 1. The maximum atomic E-state index is 11.8. The maximum absolute atomic E-state index is 11.8. The van der Waals surface area contributed by atoms with E-state index in [9.17, 15) is 35.4 Å². The molecule has 2 aliphatic rings. The molecule has 3 aromatic carbocycles. The molecule has 1 saturated heterocycles. The zero-order chi connectivity index (χ0) is 34.6. The molecule has 15 heteroatoms. The van der Waals surface area contributed by atoms with Crippen molar-refractivity contribution in [3.8, 4) is 11.5 Å². The number of para-hydroxylation sites is 2. The van der Waals surface area contributed by atoms with Crippen LogP contribution in [0.2, 0.25) is 0 Å². The van der Waals surface area contributed by atoms with Gasteiger partial charge in [0.2, 0.25) is 0 Å². The quantitative estimate of drug-likeness (QED) is 0.0724. The molecule has 0 amide bonds. The van der Waals surface area contributed by atoms with E-state index in [1.165, 1.54) is 5.56 Å². The number of nitrogens with one attached hydrogen (secondary N) is 1. The van der Waals surface area contributed by atoms with E-state index in [0.717, 1.165) is 25.7 Å². The van der Waals surface area contributed by atoms with Crippen LogP contribution in [0.25, 0.3) is 0 Å². The van der Waals surface area contributed by atoms with E-state index in [1.54, 1.807) is 61.4 Å². The predicted octanol–water partition coefficient (Wildman–Crippen LogP) is 8.20. The number of rotatable bonds is 5. The van der Waals surface area contributed by atoms with E-state index in [4.69, 9.17) is 0 Å². The monoisotopic (exact) mass is 782 g/mol. The van der Waals surface area contributed by atoms with E-state index in [2.05, 4.69) is 57.5 Å². The van der Waals surface area contributed by atoms with Crippen LogP contribution >= 0.6 is 7.81 Å². The number of aromatic nitrogens is 2. The molecular formula is C33H37F6N5O2PRu+. The summed E-state index contributed by atoms with van der Waals surface area (Å²) in [4.78, 5) is 13.0. The summed E-state index contributed by atoms with van der Waals surface area (Å²) in [5, 5.41) is 26.9. The van der Waals surface area contributed by atoms with Crippen molar-refractivity contribution >= 4 is 20.2 Å². The van der Waals surface area contributed by atoms with Gasteiger partial charge < -0.3 is 20.1 Å². The molecule has 4 aromatic rings. The number of aliphatic imine (C=N–C) groups is 2. The molecule has 0 radical (unpaired) electrons. The Morgan fingerprint density at radius 3 is 1.52 bits per heavy atom. The zero-order valence-corrected chi connectivity index (χ0v) is 28.8. The van der Waals surface area contributed by atoms with Crippen molar-refractivity contribution in [2.45, 2.75) is 56.8 Å². The Bertz CT molecular complexity index is 1520. The van der Waals surface area contributed by atoms with Crippen molar-refractivity contribution in [2.75, 3.05) is 0 Å². The number of imidazole rings is 1. The Balaban J connectivity index is 0.000000271. The summed E-state index contributed by atoms with van der Waals surface area (Å²) in [7, 11) is -8.72. The standard InChI is InChI=1S/C20H22N2O2.C9H11N.C4H6N2.F6P.Ru/c23-19-11-5-1-7-15(19)13-21-17-9-3-4-10-18(17)22-14-16-8-2-6-12-20(16)24;1-7-9(10-7)8-5-3-2-4-6-8;1-6-3-2-5-4-6;1-7(2,3,4,5)6;/h1-2,5-8,11-14,17-18,23-24H,3-4,9-10H2;2-7,9-10H,1H3;2-4H,1H3;;/q;;;-1;+4/p-2/t17-,18-;7-,9+;;;/m10.../s1. The van der Waals surface area contributed by atoms with Crippen LogP contribution < -0.4 is 15.5 Å². The normalized spacial score (nSPS) is 21.5. The fourth-order valence-corrected chi connectivity index (χ4v) is 4.56. The fraction of sp³-hybridized carbons (Fsp3) is 0.303. The van der Waals surface area contributed by atoms with Crippen LogP contribution in [-0.2, 0) is 26.5 Å². The average Bonchev–Trinajstić information content (AvgIpc) is 3.55. The molecular weight excluding hydrogens is 744 g/mol. The fourth-order valence-electron chi connectivity index (χ4n) is 4.56. The summed E-state index contributed by atoms with van der Waals surface area (Å²) in [6.45, 7) is 2.21. The molecule has 0 unspecified atom stereocenters. The van der Waals surface area contributed by atoms with Gasteiger partial charge in [-0.2, -0.15) is 0 Å². The third-order valence-corrected chi connectivity index (χ3v) is 6.97. The summed E-state index contributed by atoms with van der Waals surface area (Å²) in [6.07, 6.45) is 12.9. The summed E-state index contributed by atoms with van der Waals surface area (Å²) < 4.78 is 61.1. The van der Waals surface area contributed by atoms with Gasteiger partial charge in [0.25, 0.3) is 0 Å². The van der Waals surface area contributed by atoms with Gasteiger partial charge in [0.05, 0.1) is 18.4 Å². The minimum Gasteiger partial charge on any atom is -0.872 e. The van der Waals surface area contributed by atoms with Crippen LogP contribution in [0.1, 0.15) is 55.3 Å². The second kappa shape index (κ2) is 17.2. The third kappa shape index (κ3) is 17.5. The van der Waals surface area contributed by atoms with Crippen molar-refractivity contribution < 1.29 is 54.9 Å². The molecule has 2 heterocycles. The second-order valence-electron chi connectivity index (χ2n) is 11.1. The first kappa shape index (κ1) is 40.6. The van der Waals surface area contributed by atoms with Crippen molar-refractivity contribution in [1.29, 1.82) is 0 Å². The maximum Gasteiger partial charge on any atom is 4.00 e. The van der Waals surface area contributed by atoms with Crippen LogP contribution in [-0.4, -0.2) is 40.1 Å². The SMILES string of the molecule is C[C@@H]1N[C@H]1c1ccccc1.Cn1ccnc1.F[P-](F)(F)(F)(F)F.[O-]c1ccccc1C=N[C@@H]1CCCC[C@H]1N=Cc1ccccc1[O-].[Ru+4]. The van der Waals surface area contributed by atoms with E-state index in [-0.39, 0.29) is 43.1 Å². The van der Waals surface area contributed by atoms with Crippen molar-refractivity contribution in [3.05, 3.63) is 114 Å². The Morgan fingerprint density at radius 2 is 1.19 bits per heavy atom. The second-order valence-corrected chi connectivity index (χ2v) is 13.0. The van der Waals surface area contributed by atoms with Crippen LogP contribution in [0.15, 0.2) is 108 Å². The Kier molecular flexibility index (Phi) is 14.5. The summed E-state index contributed by atoms with van der Waals surface area (Å²) in [5.41, 5.74) is 2.63. The van der Waals surface area contributed by atoms with Crippen molar-refractivity contribution in [1.82, 2.24) is 14.9 Å². The van der Waals surface area contributed by atoms with Gasteiger partial charge in [-0.05, 0) is 36.5 Å². The summed E-state index contributed by atoms with van der Waals surface area (Å²) in [5.74, 6) is -0.0326. The molecule has 2 fully saturated rings. The summed E-state index contributed by atoms with van der Waals surface area (Å²) in [6, 6.07) is 25.8. The molecule has 48 heavy (non-hydrogen) atoms. The van der Waals surface area contributed by atoms with Crippen molar-refractivity contribution in [3.63, 3.8) is 0 Å². The van der Waals surface area contributed by atoms with E-state index < -0.39 is 7.81 Å². The molecule has 1 saturated carbocycles. The van der Waals surface area contributed by atoms with Gasteiger partial charge in [-0.1, -0.05) is 91.7 Å². The van der Waals surface area contributed by atoms with Crippen molar-refractivity contribution in [2.24, 2.45) is 17.0 Å². The molecule has 1 N–H and O–H groups in total. The van der Waals surface area contributed by atoms with Crippen LogP contribution in [0.4, 0.5) is 25.2 Å². The van der Waals surface area contributed by atoms with Crippen LogP contribution in [0.3, 0.4) is 0 Å². The largest absolute Gasteiger partial charge is 4.00 e. The minimum atomic E-state index is -10.7. The molecule has 1 aliphatic heterocycles. The smallest absolute Gasteiger partial charge is 0.872 e. The van der Waals surface area contributed by atoms with E-state index >= 15 is 0 Å². The number of nitrogens with zero attached hydrogens (tertiary/aromatic N) is 4. The van der Waals surface area contributed by atoms with Gasteiger partial charge in [0.15, 0.2) is 0 Å². The first-order chi connectivity index (χ1) is 22.0. The minimum absolute atomic E-state index is 0. The Morgan fingerprint density at radius 1 is 0.771 bits per heavy atom. The number of benzene rings is 3. The molecule has 7 nitrogen and oxygen atoms in total. The predicted molar refractivity (Wildman–Crippen MR) is 172 cm³/mol. The molecule has 4 atom stereocenters. The van der Waals surface area contributed by atoms with Gasteiger partial charge in [0, 0.05) is 44.0 Å². The number of aryl methyl sites for hydroxylation is 1. The van der Waals surface area contributed by atoms with E-state index in [0.29, 0.717) is 23.2 Å².